The monoisotopic (exact) mass is 392 g/mol. The zero-order valence-electron chi connectivity index (χ0n) is 15.5. The number of nitrogens with zero attached hydrogens (tertiary/aromatic N) is 3. The zero-order valence-corrected chi connectivity index (χ0v) is 16.3. The molecule has 0 aliphatic carbocycles. The van der Waals surface area contributed by atoms with E-state index in [1.165, 1.54) is 0 Å². The van der Waals surface area contributed by atoms with Crippen molar-refractivity contribution in [3.05, 3.63) is 35.0 Å². The van der Waals surface area contributed by atoms with Crippen LogP contribution in [0.5, 0.6) is 0 Å². The number of amides is 3. The van der Waals surface area contributed by atoms with Gasteiger partial charge in [0.1, 0.15) is 0 Å². The van der Waals surface area contributed by atoms with Crippen LogP contribution >= 0.6 is 11.8 Å². The van der Waals surface area contributed by atoms with Gasteiger partial charge in [-0.25, -0.2) is 0 Å². The fraction of sp³-hybridized carbons (Fsp3) is 0.444. The van der Waals surface area contributed by atoms with E-state index in [0.29, 0.717) is 11.5 Å². The van der Waals surface area contributed by atoms with E-state index in [1.54, 1.807) is 31.6 Å². The Morgan fingerprint density at radius 2 is 2.26 bits per heavy atom. The molecule has 3 amide bonds. The lowest BCUT2D eigenvalue weighted by Crippen LogP contribution is -2.41. The molecule has 1 aromatic heterocycles. The summed E-state index contributed by atoms with van der Waals surface area (Å²) in [5.41, 5.74) is 0.757. The summed E-state index contributed by atoms with van der Waals surface area (Å²) in [5, 5.41) is 2.41. The molecule has 0 bridgehead atoms. The number of rotatable bonds is 10. The van der Waals surface area contributed by atoms with Crippen molar-refractivity contribution in [2.45, 2.75) is 6.42 Å². The molecular weight excluding hydrogens is 368 g/mol. The van der Waals surface area contributed by atoms with Crippen LogP contribution in [0.3, 0.4) is 0 Å². The van der Waals surface area contributed by atoms with E-state index in [9.17, 15) is 14.4 Å². The molecule has 1 aromatic rings. The van der Waals surface area contributed by atoms with Crippen molar-refractivity contribution < 1.29 is 19.1 Å². The van der Waals surface area contributed by atoms with Crippen LogP contribution in [0.15, 0.2) is 29.4 Å². The highest BCUT2D eigenvalue weighted by molar-refractivity contribution is 8.18. The smallest absolute Gasteiger partial charge is 0.293 e. The molecule has 0 aromatic carbocycles. The van der Waals surface area contributed by atoms with Gasteiger partial charge in [0.2, 0.25) is 5.91 Å². The highest BCUT2D eigenvalue weighted by Gasteiger charge is 2.34. The molecule has 8 nitrogen and oxygen atoms in total. The van der Waals surface area contributed by atoms with E-state index in [4.69, 9.17) is 4.74 Å². The molecule has 2 heterocycles. The maximum absolute atomic E-state index is 12.4. The van der Waals surface area contributed by atoms with Gasteiger partial charge in [-0.3, -0.25) is 29.2 Å². The van der Waals surface area contributed by atoms with Crippen LogP contribution in [0.2, 0.25) is 0 Å². The van der Waals surface area contributed by atoms with Gasteiger partial charge in [-0.05, 0) is 42.9 Å². The molecular formula is C18H24N4O4S. The third-order valence-electron chi connectivity index (χ3n) is 3.82. The molecule has 1 saturated heterocycles. The number of hydrogen-bond donors (Lipinski definition) is 1. The van der Waals surface area contributed by atoms with E-state index >= 15 is 0 Å². The summed E-state index contributed by atoms with van der Waals surface area (Å²) >= 11 is 0.895. The Morgan fingerprint density at radius 3 is 2.96 bits per heavy atom. The number of likely N-dealkylation sites (N-methyl/N-ethyl adjacent to an activating group) is 1. The van der Waals surface area contributed by atoms with Gasteiger partial charge < -0.3 is 10.1 Å². The number of carbonyl (C=O) groups excluding carboxylic acids is 3. The second-order valence-corrected chi connectivity index (χ2v) is 7.05. The van der Waals surface area contributed by atoms with Gasteiger partial charge in [-0.1, -0.05) is 6.07 Å². The summed E-state index contributed by atoms with van der Waals surface area (Å²) < 4.78 is 4.98. The molecule has 0 atom stereocenters. The number of methoxy groups -OCH3 is 1. The van der Waals surface area contributed by atoms with Gasteiger partial charge in [0, 0.05) is 45.7 Å². The van der Waals surface area contributed by atoms with E-state index < -0.39 is 0 Å². The standard InChI is InChI=1S/C18H24N4O4S/c1-21(8-4-10-26-2)13-16(23)20-7-9-22-17(24)15(27-18(22)25)11-14-5-3-6-19-12-14/h3,5-6,11-12H,4,7-10,13H2,1-2H3,(H,20,23)/b15-11+. The fourth-order valence-corrected chi connectivity index (χ4v) is 3.34. The van der Waals surface area contributed by atoms with Crippen LogP contribution in [0, 0.1) is 0 Å². The maximum atomic E-state index is 12.4. The lowest BCUT2D eigenvalue weighted by molar-refractivity contribution is -0.124. The number of ether oxygens (including phenoxy) is 1. The summed E-state index contributed by atoms with van der Waals surface area (Å²) in [6, 6.07) is 3.57. The third kappa shape index (κ3) is 6.78. The first-order valence-corrected chi connectivity index (χ1v) is 9.42. The van der Waals surface area contributed by atoms with Crippen molar-refractivity contribution in [3.8, 4) is 0 Å². The zero-order chi connectivity index (χ0) is 19.6. The number of hydrogen-bond acceptors (Lipinski definition) is 7. The Kier molecular flexibility index (Phi) is 8.43. The van der Waals surface area contributed by atoms with Gasteiger partial charge >= 0.3 is 0 Å². The average Bonchev–Trinajstić information content (AvgIpc) is 2.90. The van der Waals surface area contributed by atoms with Gasteiger partial charge in [0.25, 0.3) is 11.1 Å². The van der Waals surface area contributed by atoms with Crippen LogP contribution in [-0.4, -0.2) is 78.8 Å². The Morgan fingerprint density at radius 1 is 1.44 bits per heavy atom. The number of pyridine rings is 1. The topological polar surface area (TPSA) is 91.8 Å². The van der Waals surface area contributed by atoms with Gasteiger partial charge in [0.05, 0.1) is 11.4 Å². The lowest BCUT2D eigenvalue weighted by Gasteiger charge is -2.17. The predicted octanol–water partition coefficient (Wildman–Crippen LogP) is 1.20. The minimum absolute atomic E-state index is 0.146. The van der Waals surface area contributed by atoms with E-state index in [2.05, 4.69) is 10.3 Å². The van der Waals surface area contributed by atoms with Gasteiger partial charge in [-0.2, -0.15) is 0 Å². The molecule has 1 aliphatic heterocycles. The average molecular weight is 392 g/mol. The molecule has 0 radical (unpaired) electrons. The SMILES string of the molecule is COCCCN(C)CC(=O)NCCN1C(=O)S/C(=C/c2cccnc2)C1=O. The molecule has 27 heavy (non-hydrogen) atoms. The summed E-state index contributed by atoms with van der Waals surface area (Å²) in [4.78, 5) is 43.8. The van der Waals surface area contributed by atoms with Crippen LogP contribution in [-0.2, 0) is 14.3 Å². The lowest BCUT2D eigenvalue weighted by atomic mass is 10.2. The first-order chi connectivity index (χ1) is 13.0. The fourth-order valence-electron chi connectivity index (χ4n) is 2.47. The summed E-state index contributed by atoms with van der Waals surface area (Å²) in [6.45, 7) is 2.03. The second kappa shape index (κ2) is 10.8. The van der Waals surface area contributed by atoms with Crippen molar-refractivity contribution >= 4 is 34.9 Å². The van der Waals surface area contributed by atoms with Gasteiger partial charge in [-0.15, -0.1) is 0 Å². The van der Waals surface area contributed by atoms with Crippen molar-refractivity contribution in [2.75, 3.05) is 46.9 Å². The van der Waals surface area contributed by atoms with E-state index in [1.807, 2.05) is 18.0 Å². The maximum Gasteiger partial charge on any atom is 0.293 e. The number of carbonyl (C=O) groups is 3. The Balaban J connectivity index is 1.77. The summed E-state index contributed by atoms with van der Waals surface area (Å²) in [5.74, 6) is -0.493. The van der Waals surface area contributed by atoms with Crippen LogP contribution in [0.4, 0.5) is 4.79 Å². The summed E-state index contributed by atoms with van der Waals surface area (Å²) in [6.07, 6.45) is 5.75. The third-order valence-corrected chi connectivity index (χ3v) is 4.72. The first-order valence-electron chi connectivity index (χ1n) is 8.61. The minimum atomic E-state index is -0.347. The molecule has 9 heteroatoms. The quantitative estimate of drug-likeness (QED) is 0.472. The molecule has 146 valence electrons. The predicted molar refractivity (Wildman–Crippen MR) is 104 cm³/mol. The molecule has 0 saturated carbocycles. The summed E-state index contributed by atoms with van der Waals surface area (Å²) in [7, 11) is 3.50. The molecule has 0 spiro atoms. The van der Waals surface area contributed by atoms with Crippen LogP contribution < -0.4 is 5.32 Å². The number of imide groups is 1. The van der Waals surface area contributed by atoms with Gasteiger partial charge in [0.15, 0.2) is 0 Å². The van der Waals surface area contributed by atoms with Crippen molar-refractivity contribution in [1.82, 2.24) is 20.1 Å². The van der Waals surface area contributed by atoms with E-state index in [0.717, 1.165) is 35.2 Å². The molecule has 1 fully saturated rings. The Bertz CT molecular complexity index is 696. The van der Waals surface area contributed by atoms with Crippen LogP contribution in [0.25, 0.3) is 6.08 Å². The largest absolute Gasteiger partial charge is 0.385 e. The highest BCUT2D eigenvalue weighted by Crippen LogP contribution is 2.31. The molecule has 2 rings (SSSR count). The molecule has 1 aliphatic rings. The van der Waals surface area contributed by atoms with Crippen molar-refractivity contribution in [2.24, 2.45) is 0 Å². The van der Waals surface area contributed by atoms with Crippen LogP contribution in [0.1, 0.15) is 12.0 Å². The highest BCUT2D eigenvalue weighted by atomic mass is 32.2. The number of aromatic nitrogens is 1. The van der Waals surface area contributed by atoms with Crippen molar-refractivity contribution in [1.29, 1.82) is 0 Å². The number of nitrogens with one attached hydrogen (secondary N) is 1. The second-order valence-electron chi connectivity index (χ2n) is 6.05. The van der Waals surface area contributed by atoms with Crippen molar-refractivity contribution in [3.63, 3.8) is 0 Å². The minimum Gasteiger partial charge on any atom is -0.385 e. The van der Waals surface area contributed by atoms with E-state index in [-0.39, 0.29) is 36.7 Å². The first kappa shape index (κ1) is 21.1. The Labute approximate surface area is 162 Å². The molecule has 1 N–H and O–H groups in total. The Hall–Kier alpha value is -2.23. The molecule has 0 unspecified atom stereocenters. The normalized spacial score (nSPS) is 15.8. The number of thioether (sulfide) groups is 1.